The van der Waals surface area contributed by atoms with Crippen LogP contribution in [-0.4, -0.2) is 19.7 Å². The van der Waals surface area contributed by atoms with Crippen LogP contribution in [0.1, 0.15) is 5.56 Å². The molecule has 1 heterocycles. The Morgan fingerprint density at radius 2 is 2.10 bits per heavy atom. The summed E-state index contributed by atoms with van der Waals surface area (Å²) < 4.78 is 28.4. The van der Waals surface area contributed by atoms with Crippen LogP contribution in [-0.2, 0) is 16.4 Å². The molecule has 0 aliphatic heterocycles. The number of nitrogens with zero attached hydrogens (tertiary/aromatic N) is 1. The topological polar surface area (TPSA) is 94.3 Å². The summed E-state index contributed by atoms with van der Waals surface area (Å²) in [5.41, 5.74) is 3.29. The van der Waals surface area contributed by atoms with Crippen molar-refractivity contribution in [1.29, 1.82) is 0 Å². The first-order valence-electron chi connectivity index (χ1n) is 5.83. The van der Waals surface area contributed by atoms with Crippen molar-refractivity contribution in [3.05, 3.63) is 48.2 Å². The summed E-state index contributed by atoms with van der Waals surface area (Å²) >= 11 is 0. The summed E-state index contributed by atoms with van der Waals surface area (Å²) in [6.45, 7) is 0.297. The molecular weight excluding hydrogens is 278 g/mol. The maximum atomic E-state index is 11.4. The molecule has 20 heavy (non-hydrogen) atoms. The zero-order valence-electron chi connectivity index (χ0n) is 10.9. The molecule has 0 fully saturated rings. The number of rotatable bonds is 5. The zero-order chi connectivity index (χ0) is 14.6. The van der Waals surface area contributed by atoms with Gasteiger partial charge in [-0.15, -0.1) is 0 Å². The fourth-order valence-corrected chi connectivity index (χ4v) is 2.21. The lowest BCUT2D eigenvalue weighted by molar-refractivity contribution is 0.305. The third kappa shape index (κ3) is 3.69. The summed E-state index contributed by atoms with van der Waals surface area (Å²) in [6.07, 6.45) is 2.80. The molecule has 0 amide bonds. The van der Waals surface area contributed by atoms with Crippen molar-refractivity contribution < 1.29 is 13.2 Å². The molecule has 2 rings (SSSR count). The molecule has 0 saturated heterocycles. The van der Waals surface area contributed by atoms with Gasteiger partial charge in [-0.2, -0.15) is 0 Å². The quantitative estimate of drug-likeness (QED) is 0.638. The number of anilines is 1. The number of ether oxygens (including phenoxy) is 1. The van der Waals surface area contributed by atoms with Gasteiger partial charge in [-0.3, -0.25) is 0 Å². The van der Waals surface area contributed by atoms with Crippen LogP contribution in [0.15, 0.2) is 47.5 Å². The van der Waals surface area contributed by atoms with E-state index in [4.69, 9.17) is 10.6 Å². The maximum absolute atomic E-state index is 11.4. The van der Waals surface area contributed by atoms with Crippen molar-refractivity contribution in [3.63, 3.8) is 0 Å². The van der Waals surface area contributed by atoms with Crippen molar-refractivity contribution in [2.24, 2.45) is 5.84 Å². The second-order valence-corrected chi connectivity index (χ2v) is 6.25. The second-order valence-electron chi connectivity index (χ2n) is 4.23. The highest BCUT2D eigenvalue weighted by atomic mass is 32.2. The Morgan fingerprint density at radius 3 is 2.70 bits per heavy atom. The third-order valence-electron chi connectivity index (χ3n) is 2.61. The molecule has 1 aromatic carbocycles. The van der Waals surface area contributed by atoms with Gasteiger partial charge < -0.3 is 10.2 Å². The molecule has 0 aliphatic rings. The van der Waals surface area contributed by atoms with Crippen LogP contribution in [0.2, 0.25) is 0 Å². The molecule has 0 spiro atoms. The Labute approximate surface area is 117 Å². The lowest BCUT2D eigenvalue weighted by Crippen LogP contribution is -2.08. The van der Waals surface area contributed by atoms with Crippen molar-refractivity contribution >= 4 is 15.7 Å². The van der Waals surface area contributed by atoms with Gasteiger partial charge in [0.1, 0.15) is 18.2 Å². The number of pyridine rings is 1. The van der Waals surface area contributed by atoms with Gasteiger partial charge in [0.2, 0.25) is 0 Å². The lowest BCUT2D eigenvalue weighted by Gasteiger charge is -2.08. The van der Waals surface area contributed by atoms with E-state index in [-0.39, 0.29) is 4.90 Å². The van der Waals surface area contributed by atoms with E-state index in [0.29, 0.717) is 18.2 Å². The van der Waals surface area contributed by atoms with Crippen LogP contribution in [0.4, 0.5) is 5.82 Å². The Hall–Kier alpha value is -2.12. The van der Waals surface area contributed by atoms with Crippen molar-refractivity contribution in [2.75, 3.05) is 11.7 Å². The normalized spacial score (nSPS) is 11.1. The fraction of sp³-hybridized carbons (Fsp3) is 0.154. The van der Waals surface area contributed by atoms with Crippen LogP contribution in [0.25, 0.3) is 0 Å². The zero-order valence-corrected chi connectivity index (χ0v) is 11.7. The van der Waals surface area contributed by atoms with E-state index in [1.54, 1.807) is 24.4 Å². The van der Waals surface area contributed by atoms with Gasteiger partial charge in [-0.1, -0.05) is 12.1 Å². The number of hydrogen-bond acceptors (Lipinski definition) is 6. The molecule has 0 bridgehead atoms. The first-order valence-corrected chi connectivity index (χ1v) is 7.72. The number of benzene rings is 1. The summed E-state index contributed by atoms with van der Waals surface area (Å²) in [5.74, 6) is 6.28. The molecule has 106 valence electrons. The summed E-state index contributed by atoms with van der Waals surface area (Å²) in [6, 6.07) is 9.93. The standard InChI is InChI=1S/C13H15N3O3S/c1-20(17,18)12-4-2-3-11(7-12)19-9-10-5-6-13(16-14)15-8-10/h2-8H,9,14H2,1H3,(H,15,16). The number of nitrogen functional groups attached to an aromatic ring is 1. The number of sulfone groups is 1. The van der Waals surface area contributed by atoms with Crippen LogP contribution < -0.4 is 16.0 Å². The number of nitrogens with one attached hydrogen (secondary N) is 1. The number of nitrogens with two attached hydrogens (primary N) is 1. The van der Waals surface area contributed by atoms with E-state index < -0.39 is 9.84 Å². The molecule has 6 nitrogen and oxygen atoms in total. The minimum atomic E-state index is -3.23. The van der Waals surface area contributed by atoms with Crippen LogP contribution >= 0.6 is 0 Å². The van der Waals surface area contributed by atoms with Crippen LogP contribution in [0, 0.1) is 0 Å². The van der Waals surface area contributed by atoms with Gasteiger partial charge >= 0.3 is 0 Å². The molecule has 0 unspecified atom stereocenters. The predicted octanol–water partition coefficient (Wildman–Crippen LogP) is 1.35. The van der Waals surface area contributed by atoms with E-state index in [0.717, 1.165) is 11.8 Å². The highest BCUT2D eigenvalue weighted by molar-refractivity contribution is 7.90. The van der Waals surface area contributed by atoms with Crippen LogP contribution in [0.5, 0.6) is 5.75 Å². The minimum absolute atomic E-state index is 0.232. The smallest absolute Gasteiger partial charge is 0.175 e. The highest BCUT2D eigenvalue weighted by Crippen LogP contribution is 2.18. The minimum Gasteiger partial charge on any atom is -0.489 e. The first-order chi connectivity index (χ1) is 9.49. The highest BCUT2D eigenvalue weighted by Gasteiger charge is 2.07. The Kier molecular flexibility index (Phi) is 4.21. The van der Waals surface area contributed by atoms with Gasteiger partial charge in [-0.25, -0.2) is 19.2 Å². The number of aromatic nitrogens is 1. The van der Waals surface area contributed by atoms with Gasteiger partial charge in [0.25, 0.3) is 0 Å². The van der Waals surface area contributed by atoms with Gasteiger partial charge in [0, 0.05) is 18.0 Å². The van der Waals surface area contributed by atoms with E-state index in [1.807, 2.05) is 6.07 Å². The van der Waals surface area contributed by atoms with Crippen LogP contribution in [0.3, 0.4) is 0 Å². The molecule has 0 radical (unpaired) electrons. The van der Waals surface area contributed by atoms with Gasteiger partial charge in [-0.05, 0) is 24.3 Å². The number of hydrogen-bond donors (Lipinski definition) is 2. The summed E-state index contributed by atoms with van der Waals surface area (Å²) in [5, 5.41) is 0. The van der Waals surface area contributed by atoms with E-state index >= 15 is 0 Å². The Bertz CT molecular complexity index is 684. The molecule has 0 saturated carbocycles. The van der Waals surface area contributed by atoms with E-state index in [2.05, 4.69) is 10.4 Å². The fourth-order valence-electron chi connectivity index (χ4n) is 1.56. The van der Waals surface area contributed by atoms with E-state index in [9.17, 15) is 8.42 Å². The first kappa shape index (κ1) is 14.3. The second kappa shape index (κ2) is 5.89. The van der Waals surface area contributed by atoms with Gasteiger partial charge in [0.05, 0.1) is 4.90 Å². The summed E-state index contributed by atoms with van der Waals surface area (Å²) in [4.78, 5) is 4.29. The molecule has 2 aromatic rings. The van der Waals surface area contributed by atoms with Gasteiger partial charge in [0.15, 0.2) is 9.84 Å². The number of hydrazine groups is 1. The monoisotopic (exact) mass is 293 g/mol. The Balaban J connectivity index is 2.07. The lowest BCUT2D eigenvalue weighted by atomic mass is 10.3. The average molecular weight is 293 g/mol. The van der Waals surface area contributed by atoms with Crippen molar-refractivity contribution in [2.45, 2.75) is 11.5 Å². The molecule has 7 heteroatoms. The van der Waals surface area contributed by atoms with Crippen molar-refractivity contribution in [3.8, 4) is 5.75 Å². The Morgan fingerprint density at radius 1 is 1.30 bits per heavy atom. The molecule has 0 aliphatic carbocycles. The SMILES string of the molecule is CS(=O)(=O)c1cccc(OCc2ccc(NN)nc2)c1. The maximum Gasteiger partial charge on any atom is 0.175 e. The van der Waals surface area contributed by atoms with Crippen molar-refractivity contribution in [1.82, 2.24) is 4.98 Å². The van der Waals surface area contributed by atoms with E-state index in [1.165, 1.54) is 12.1 Å². The third-order valence-corrected chi connectivity index (χ3v) is 3.72. The molecular formula is C13H15N3O3S. The molecule has 3 N–H and O–H groups in total. The molecule has 1 aromatic heterocycles. The largest absolute Gasteiger partial charge is 0.489 e. The molecule has 0 atom stereocenters. The predicted molar refractivity (Wildman–Crippen MR) is 75.9 cm³/mol. The summed E-state index contributed by atoms with van der Waals surface area (Å²) in [7, 11) is -3.23. The average Bonchev–Trinajstić information content (AvgIpc) is 2.45.